The molecular weight excluding hydrogens is 513 g/mol. The molecule has 1 aliphatic heterocycles. The van der Waals surface area contributed by atoms with E-state index in [-0.39, 0.29) is 29.9 Å². The minimum absolute atomic E-state index is 0. The van der Waals surface area contributed by atoms with E-state index in [4.69, 9.17) is 0 Å². The third kappa shape index (κ3) is 8.89. The molecule has 2 fully saturated rings. The van der Waals surface area contributed by atoms with Crippen molar-refractivity contribution in [2.45, 2.75) is 57.4 Å². The normalized spacial score (nSPS) is 19.8. The summed E-state index contributed by atoms with van der Waals surface area (Å²) < 4.78 is 0. The van der Waals surface area contributed by atoms with Crippen LogP contribution < -0.4 is 10.6 Å². The summed E-state index contributed by atoms with van der Waals surface area (Å²) in [5.74, 6) is 1.46. The Morgan fingerprint density at radius 3 is 2.62 bits per heavy atom. The maximum absolute atomic E-state index is 12.4. The van der Waals surface area contributed by atoms with Gasteiger partial charge < -0.3 is 20.4 Å². The Labute approximate surface area is 211 Å². The molecule has 1 saturated carbocycles. The number of nitrogens with one attached hydrogen (secondary N) is 2. The van der Waals surface area contributed by atoms with Gasteiger partial charge in [0.05, 0.1) is 0 Å². The van der Waals surface area contributed by atoms with Crippen molar-refractivity contribution in [1.29, 1.82) is 0 Å². The molecule has 180 valence electrons. The van der Waals surface area contributed by atoms with Gasteiger partial charge >= 0.3 is 0 Å². The monoisotopic (exact) mass is 555 g/mol. The van der Waals surface area contributed by atoms with Crippen LogP contribution in [0, 0.1) is 5.92 Å². The molecule has 32 heavy (non-hydrogen) atoms. The zero-order valence-corrected chi connectivity index (χ0v) is 22.2. The van der Waals surface area contributed by atoms with E-state index in [1.54, 1.807) is 0 Å². The Kier molecular flexibility index (Phi) is 12.4. The first-order valence-electron chi connectivity index (χ1n) is 12.1. The van der Waals surface area contributed by atoms with Crippen molar-refractivity contribution in [2.24, 2.45) is 10.9 Å². The SMILES string of the molecule is CN=C(NCCCN(C)C1CCCCC1)NCC1CC(=O)N(CCc2ccccc2)C1.I. The summed E-state index contributed by atoms with van der Waals surface area (Å²) in [6.07, 6.45) is 9.56. The predicted molar refractivity (Wildman–Crippen MR) is 144 cm³/mol. The van der Waals surface area contributed by atoms with Crippen molar-refractivity contribution in [1.82, 2.24) is 20.4 Å². The van der Waals surface area contributed by atoms with Crippen molar-refractivity contribution < 1.29 is 4.79 Å². The molecule has 3 rings (SSSR count). The number of amides is 1. The highest BCUT2D eigenvalue weighted by Gasteiger charge is 2.29. The van der Waals surface area contributed by atoms with Crippen LogP contribution >= 0.6 is 24.0 Å². The van der Waals surface area contributed by atoms with Gasteiger partial charge in [-0.1, -0.05) is 49.6 Å². The number of aliphatic imine (C=N–C) groups is 1. The fourth-order valence-corrected chi connectivity index (χ4v) is 4.82. The van der Waals surface area contributed by atoms with Crippen LogP contribution in [0.15, 0.2) is 35.3 Å². The van der Waals surface area contributed by atoms with Crippen molar-refractivity contribution in [3.63, 3.8) is 0 Å². The summed E-state index contributed by atoms with van der Waals surface area (Å²) in [6.45, 7) is 4.48. The number of carbonyl (C=O) groups excluding carboxylic acids is 1. The Balaban J connectivity index is 0.00000363. The van der Waals surface area contributed by atoms with E-state index in [0.717, 1.165) is 57.6 Å². The van der Waals surface area contributed by atoms with Gasteiger partial charge in [-0.3, -0.25) is 9.79 Å². The van der Waals surface area contributed by atoms with Crippen LogP contribution in [0.2, 0.25) is 0 Å². The van der Waals surface area contributed by atoms with Gasteiger partial charge in [0, 0.05) is 51.6 Å². The lowest BCUT2D eigenvalue weighted by Crippen LogP contribution is -2.41. The molecule has 1 aromatic rings. The maximum Gasteiger partial charge on any atom is 0.223 e. The summed E-state index contributed by atoms with van der Waals surface area (Å²) in [5, 5.41) is 6.86. The molecule has 1 saturated heterocycles. The van der Waals surface area contributed by atoms with E-state index in [2.05, 4.69) is 51.8 Å². The number of guanidine groups is 1. The van der Waals surface area contributed by atoms with E-state index in [1.165, 1.54) is 37.7 Å². The summed E-state index contributed by atoms with van der Waals surface area (Å²) in [6, 6.07) is 11.2. The topological polar surface area (TPSA) is 60.0 Å². The van der Waals surface area contributed by atoms with Crippen LogP contribution in [-0.4, -0.2) is 74.5 Å². The molecule has 0 aromatic heterocycles. The quantitative estimate of drug-likeness (QED) is 0.201. The summed E-state index contributed by atoms with van der Waals surface area (Å²) in [5.41, 5.74) is 1.29. The van der Waals surface area contributed by atoms with Crippen LogP contribution in [0.3, 0.4) is 0 Å². The van der Waals surface area contributed by atoms with Crippen molar-refractivity contribution >= 4 is 35.8 Å². The first kappa shape index (κ1) is 26.9. The van der Waals surface area contributed by atoms with Gasteiger partial charge in [-0.15, -0.1) is 24.0 Å². The fourth-order valence-electron chi connectivity index (χ4n) is 4.82. The lowest BCUT2D eigenvalue weighted by Gasteiger charge is -2.31. The Bertz CT molecular complexity index is 693. The highest BCUT2D eigenvalue weighted by molar-refractivity contribution is 14.0. The molecule has 2 N–H and O–H groups in total. The van der Waals surface area contributed by atoms with Crippen LogP contribution in [0.5, 0.6) is 0 Å². The average Bonchev–Trinajstić information content (AvgIpc) is 3.17. The number of carbonyl (C=O) groups is 1. The smallest absolute Gasteiger partial charge is 0.223 e. The second-order valence-electron chi connectivity index (χ2n) is 9.15. The first-order chi connectivity index (χ1) is 15.2. The predicted octanol–water partition coefficient (Wildman–Crippen LogP) is 3.52. The Morgan fingerprint density at radius 2 is 1.91 bits per heavy atom. The molecule has 7 heteroatoms. The second-order valence-corrected chi connectivity index (χ2v) is 9.15. The fraction of sp³-hybridized carbons (Fsp3) is 0.680. The Morgan fingerprint density at radius 1 is 1.16 bits per heavy atom. The summed E-state index contributed by atoms with van der Waals surface area (Å²) in [4.78, 5) is 21.3. The number of benzene rings is 1. The highest BCUT2D eigenvalue weighted by Crippen LogP contribution is 2.21. The molecular formula is C25H42IN5O. The third-order valence-electron chi connectivity index (χ3n) is 6.77. The molecule has 1 aromatic carbocycles. The van der Waals surface area contributed by atoms with Crippen molar-refractivity contribution in [3.8, 4) is 0 Å². The molecule has 0 bridgehead atoms. The molecule has 0 spiro atoms. The van der Waals surface area contributed by atoms with Crippen LogP contribution in [-0.2, 0) is 11.2 Å². The Hall–Kier alpha value is -1.35. The molecule has 1 unspecified atom stereocenters. The number of halogens is 1. The van der Waals surface area contributed by atoms with Crippen molar-refractivity contribution in [3.05, 3.63) is 35.9 Å². The minimum atomic E-state index is 0. The number of likely N-dealkylation sites (tertiary alicyclic amines) is 1. The van der Waals surface area contributed by atoms with E-state index < -0.39 is 0 Å². The number of rotatable bonds is 10. The van der Waals surface area contributed by atoms with Crippen LogP contribution in [0.4, 0.5) is 0 Å². The largest absolute Gasteiger partial charge is 0.356 e. The number of hydrogen-bond donors (Lipinski definition) is 2. The molecule has 2 aliphatic rings. The number of hydrogen-bond acceptors (Lipinski definition) is 3. The van der Waals surface area contributed by atoms with Crippen LogP contribution in [0.25, 0.3) is 0 Å². The highest BCUT2D eigenvalue weighted by atomic mass is 127. The van der Waals surface area contributed by atoms with Gasteiger partial charge in [0.1, 0.15) is 0 Å². The zero-order chi connectivity index (χ0) is 21.9. The van der Waals surface area contributed by atoms with E-state index in [0.29, 0.717) is 12.3 Å². The van der Waals surface area contributed by atoms with Crippen LogP contribution in [0.1, 0.15) is 50.5 Å². The van der Waals surface area contributed by atoms with E-state index in [1.807, 2.05) is 18.0 Å². The standard InChI is InChI=1S/C25H41N5O.HI/c1-26-25(27-15-9-16-29(2)23-12-7-4-8-13-23)28-19-22-18-24(31)30(20-22)17-14-21-10-5-3-6-11-21;/h3,5-6,10-11,22-23H,4,7-9,12-20H2,1-2H3,(H2,26,27,28);1H. The zero-order valence-electron chi connectivity index (χ0n) is 19.9. The average molecular weight is 556 g/mol. The van der Waals surface area contributed by atoms with Gasteiger partial charge in [0.15, 0.2) is 5.96 Å². The third-order valence-corrected chi connectivity index (χ3v) is 6.77. The van der Waals surface area contributed by atoms with Gasteiger partial charge in [-0.2, -0.15) is 0 Å². The molecule has 1 heterocycles. The molecule has 0 radical (unpaired) electrons. The lowest BCUT2D eigenvalue weighted by molar-refractivity contribution is -0.127. The van der Waals surface area contributed by atoms with Gasteiger partial charge in [-0.25, -0.2) is 0 Å². The molecule has 1 aliphatic carbocycles. The van der Waals surface area contributed by atoms with E-state index in [9.17, 15) is 4.79 Å². The van der Waals surface area contributed by atoms with Gasteiger partial charge in [0.2, 0.25) is 5.91 Å². The van der Waals surface area contributed by atoms with Gasteiger partial charge in [0.25, 0.3) is 0 Å². The minimum Gasteiger partial charge on any atom is -0.356 e. The second kappa shape index (κ2) is 14.7. The number of nitrogens with zero attached hydrogens (tertiary/aromatic N) is 3. The molecule has 6 nitrogen and oxygen atoms in total. The summed E-state index contributed by atoms with van der Waals surface area (Å²) >= 11 is 0. The molecule has 1 amide bonds. The summed E-state index contributed by atoms with van der Waals surface area (Å²) in [7, 11) is 4.08. The van der Waals surface area contributed by atoms with Gasteiger partial charge in [-0.05, 0) is 44.8 Å². The van der Waals surface area contributed by atoms with Crippen molar-refractivity contribution in [2.75, 3.05) is 46.8 Å². The maximum atomic E-state index is 12.4. The molecule has 1 atom stereocenters. The first-order valence-corrected chi connectivity index (χ1v) is 12.1. The van der Waals surface area contributed by atoms with E-state index >= 15 is 0 Å². The lowest BCUT2D eigenvalue weighted by atomic mass is 9.94.